The fourth-order valence-corrected chi connectivity index (χ4v) is 13.4. The van der Waals surface area contributed by atoms with E-state index in [1.54, 1.807) is 30.6 Å². The highest BCUT2D eigenvalue weighted by atomic mass is 32.2. The number of sulfonamides is 1. The van der Waals surface area contributed by atoms with E-state index in [0.29, 0.717) is 56.0 Å². The first-order valence-corrected chi connectivity index (χ1v) is 28.3. The van der Waals surface area contributed by atoms with Gasteiger partial charge in [-0.1, -0.05) is 44.2 Å². The van der Waals surface area contributed by atoms with E-state index in [2.05, 4.69) is 85.0 Å². The molecule has 5 heterocycles. The molecule has 0 bridgehead atoms. The predicted molar refractivity (Wildman–Crippen MR) is 291 cm³/mol. The number of nitro groups is 1. The number of aromatic amines is 1. The number of hydrogen-bond donors (Lipinski definition) is 4. The number of pyridine rings is 1. The van der Waals surface area contributed by atoms with Gasteiger partial charge in [0.2, 0.25) is 0 Å². The normalized spacial score (nSPS) is 22.1. The molecule has 3 aliphatic heterocycles. The molecule has 400 valence electrons. The summed E-state index contributed by atoms with van der Waals surface area (Å²) in [6, 6.07) is 28.5. The van der Waals surface area contributed by atoms with E-state index in [4.69, 9.17) is 14.2 Å². The number of H-pyrrole nitrogens is 1. The monoisotopic (exact) mass is 1050 g/mol. The summed E-state index contributed by atoms with van der Waals surface area (Å²) < 4.78 is 48.0. The maximum Gasteiger partial charge on any atom is 0.293 e. The van der Waals surface area contributed by atoms with Crippen LogP contribution < -0.4 is 29.1 Å². The zero-order valence-electron chi connectivity index (χ0n) is 43.5. The first kappa shape index (κ1) is 51.4. The number of carbonyl (C=O) groups is 1. The number of rotatable bonds is 15. The fraction of sp³-hybridized carbons (Fsp3) is 0.448. The molecule has 0 radical (unpaired) electrons. The summed E-state index contributed by atoms with van der Waals surface area (Å²) in [7, 11) is -4.59. The van der Waals surface area contributed by atoms with Gasteiger partial charge in [0.1, 0.15) is 36.0 Å². The van der Waals surface area contributed by atoms with E-state index in [9.17, 15) is 28.4 Å². The fourth-order valence-electron chi connectivity index (χ4n) is 12.4. The van der Waals surface area contributed by atoms with Crippen LogP contribution in [0.15, 0.2) is 108 Å². The van der Waals surface area contributed by atoms with Crippen LogP contribution in [0.4, 0.5) is 17.1 Å². The van der Waals surface area contributed by atoms with Crippen molar-refractivity contribution in [2.45, 2.75) is 107 Å². The maximum absolute atomic E-state index is 14.1. The molecule has 11 rings (SSSR count). The van der Waals surface area contributed by atoms with E-state index < -0.39 is 37.0 Å². The third kappa shape index (κ3) is 10.9. The first-order valence-electron chi connectivity index (χ1n) is 26.8. The average Bonchev–Trinajstić information content (AvgIpc) is 3.88. The van der Waals surface area contributed by atoms with Gasteiger partial charge in [0.25, 0.3) is 21.6 Å². The number of amides is 1. The molecular formula is C58H68N8O9S. The van der Waals surface area contributed by atoms with Crippen LogP contribution in [-0.2, 0) is 16.6 Å². The van der Waals surface area contributed by atoms with Crippen molar-refractivity contribution in [3.63, 3.8) is 0 Å². The topological polar surface area (TPSA) is 205 Å². The highest BCUT2D eigenvalue weighted by Gasteiger charge is 2.50. The maximum atomic E-state index is 14.1. The quantitative estimate of drug-likeness (QED) is 0.0558. The molecule has 5 aliphatic rings. The summed E-state index contributed by atoms with van der Waals surface area (Å²) in [6.07, 6.45) is 10.4. The molecule has 76 heavy (non-hydrogen) atoms. The Kier molecular flexibility index (Phi) is 14.2. The Labute approximate surface area is 444 Å². The van der Waals surface area contributed by atoms with Gasteiger partial charge in [-0.2, -0.15) is 0 Å². The molecule has 1 amide bonds. The number of fused-ring (bicyclic) bond motifs is 2. The van der Waals surface area contributed by atoms with Gasteiger partial charge in [0.15, 0.2) is 11.5 Å². The zero-order chi connectivity index (χ0) is 52.8. The molecule has 2 saturated carbocycles. The van der Waals surface area contributed by atoms with Gasteiger partial charge in [0, 0.05) is 87.3 Å². The van der Waals surface area contributed by atoms with Crippen LogP contribution in [0.5, 0.6) is 23.0 Å². The average molecular weight is 1050 g/mol. The van der Waals surface area contributed by atoms with Crippen LogP contribution in [-0.4, -0.2) is 108 Å². The molecule has 2 aromatic heterocycles. The molecule has 2 aliphatic carbocycles. The molecule has 2 saturated heterocycles. The number of nitro benzene ring substituents is 1. The Morgan fingerprint density at radius 3 is 2.49 bits per heavy atom. The van der Waals surface area contributed by atoms with Crippen molar-refractivity contribution in [2.24, 2.45) is 11.3 Å². The second-order valence-corrected chi connectivity index (χ2v) is 24.0. The van der Waals surface area contributed by atoms with Crippen LogP contribution in [0, 0.1) is 21.4 Å². The number of anilines is 2. The molecule has 1 atom stereocenters. The lowest BCUT2D eigenvalue weighted by atomic mass is 9.59. The largest absolute Gasteiger partial charge is 0.486 e. The minimum atomic E-state index is -4.59. The number of ether oxygens (including phenoxy) is 3. The van der Waals surface area contributed by atoms with E-state index in [1.807, 2.05) is 25.1 Å². The standard InChI is InChI=1S/C58H68N8O9S/c1-38(2)46-6-4-5-7-47(46)51-37-63(36-40-8-13-52-54(28-40)74-27-26-73-52)24-25-65(51)43-32-58(33-43)19-22-64(23-20-58)42-9-11-48(53(30-42)75-44-29-41-16-21-59-55(41)61-35-44)56(67)62-76(71,72)45-10-12-49(50(31-45)66(69)70)60-34-39-14-17-57(3,68)18-15-39/h4-13,16,21,28-31,35,38-39,43,51,60,68H,14-15,17-20,22-27,32-34,36-37H2,1-3H3,(H,59,61)(H,62,67). The molecule has 17 nitrogen and oxygen atoms in total. The lowest BCUT2D eigenvalue weighted by Gasteiger charge is -2.58. The SMILES string of the molecule is CC(C)c1ccccc1C1CN(Cc2ccc3c(c2)OCCO3)CCN1C1CC2(CCN(c3ccc(C(=O)NS(=O)(=O)c4ccc(NCC5CCC(C)(O)CC5)c([N+](=O)[O-])c4)c(Oc4cnc5[nH]ccc5c4)c3)CC2)C1. The minimum absolute atomic E-state index is 0.0314. The third-order valence-corrected chi connectivity index (χ3v) is 18.1. The second kappa shape index (κ2) is 21.0. The molecule has 4 fully saturated rings. The molecule has 18 heteroatoms. The minimum Gasteiger partial charge on any atom is -0.486 e. The van der Waals surface area contributed by atoms with Crippen molar-refractivity contribution < 1.29 is 37.5 Å². The van der Waals surface area contributed by atoms with Crippen molar-refractivity contribution in [1.82, 2.24) is 24.5 Å². The number of nitrogens with zero attached hydrogens (tertiary/aromatic N) is 5. The van der Waals surface area contributed by atoms with Gasteiger partial charge in [-0.3, -0.25) is 24.7 Å². The number of piperidine rings is 1. The Bertz CT molecular complexity index is 3230. The third-order valence-electron chi connectivity index (χ3n) is 16.8. The summed E-state index contributed by atoms with van der Waals surface area (Å²) >= 11 is 0. The smallest absolute Gasteiger partial charge is 0.293 e. The van der Waals surface area contributed by atoms with Crippen LogP contribution in [0.3, 0.4) is 0 Å². The Morgan fingerprint density at radius 1 is 0.934 bits per heavy atom. The first-order chi connectivity index (χ1) is 36.6. The van der Waals surface area contributed by atoms with Gasteiger partial charge < -0.3 is 34.5 Å². The highest BCUT2D eigenvalue weighted by Crippen LogP contribution is 2.53. The molecule has 1 unspecified atom stereocenters. The van der Waals surface area contributed by atoms with Gasteiger partial charge in [0.05, 0.1) is 27.2 Å². The van der Waals surface area contributed by atoms with E-state index in [1.165, 1.54) is 28.8 Å². The number of benzene rings is 4. The van der Waals surface area contributed by atoms with Crippen LogP contribution in [0.25, 0.3) is 11.0 Å². The van der Waals surface area contributed by atoms with Crippen molar-refractivity contribution in [1.29, 1.82) is 0 Å². The number of nitrogens with one attached hydrogen (secondary N) is 3. The van der Waals surface area contributed by atoms with E-state index in [-0.39, 0.29) is 34.4 Å². The molecule has 4 aromatic carbocycles. The van der Waals surface area contributed by atoms with E-state index in [0.717, 1.165) is 106 Å². The second-order valence-electron chi connectivity index (χ2n) is 22.4. The molecule has 1 spiro atoms. The van der Waals surface area contributed by atoms with Gasteiger partial charge in [-0.15, -0.1) is 0 Å². The van der Waals surface area contributed by atoms with Crippen molar-refractivity contribution in [3.8, 4) is 23.0 Å². The lowest BCUT2D eigenvalue weighted by Crippen LogP contribution is -2.60. The van der Waals surface area contributed by atoms with Gasteiger partial charge in [-0.25, -0.2) is 18.1 Å². The number of hydrogen-bond acceptors (Lipinski definition) is 14. The van der Waals surface area contributed by atoms with Crippen molar-refractivity contribution in [3.05, 3.63) is 136 Å². The molecule has 4 N–H and O–H groups in total. The number of aliphatic hydroxyl groups is 1. The van der Waals surface area contributed by atoms with Crippen molar-refractivity contribution >= 4 is 44.0 Å². The van der Waals surface area contributed by atoms with Gasteiger partial charge in [-0.05, 0) is 141 Å². The van der Waals surface area contributed by atoms with Crippen LogP contribution >= 0.6 is 0 Å². The summed E-state index contributed by atoms with van der Waals surface area (Å²) in [4.78, 5) is 40.6. The number of aromatic nitrogens is 2. The zero-order valence-corrected chi connectivity index (χ0v) is 44.3. The Morgan fingerprint density at radius 2 is 1.71 bits per heavy atom. The molecule has 6 aromatic rings. The van der Waals surface area contributed by atoms with Gasteiger partial charge >= 0.3 is 0 Å². The Hall–Kier alpha value is -6.73. The summed E-state index contributed by atoms with van der Waals surface area (Å²) in [5, 5.41) is 26.5. The van der Waals surface area contributed by atoms with E-state index >= 15 is 0 Å². The Balaban J connectivity index is 0.776. The molecular weight excluding hydrogens is 985 g/mol. The summed E-state index contributed by atoms with van der Waals surface area (Å²) in [5.74, 6) is 1.79. The van der Waals surface area contributed by atoms with Crippen LogP contribution in [0.1, 0.15) is 111 Å². The lowest BCUT2D eigenvalue weighted by molar-refractivity contribution is -0.384. The highest BCUT2D eigenvalue weighted by molar-refractivity contribution is 7.90. The number of piperazine rings is 1. The summed E-state index contributed by atoms with van der Waals surface area (Å²) in [6.45, 7) is 13.3. The number of carbonyl (C=O) groups excluding carboxylic acids is 1. The van der Waals surface area contributed by atoms with Crippen LogP contribution in [0.2, 0.25) is 0 Å². The van der Waals surface area contributed by atoms with Crippen molar-refractivity contribution in [2.75, 3.05) is 62.7 Å². The predicted octanol–water partition coefficient (Wildman–Crippen LogP) is 9.94. The summed E-state index contributed by atoms with van der Waals surface area (Å²) in [5.41, 5.74) is 4.77.